The Morgan fingerprint density at radius 3 is 2.71 bits per heavy atom. The Morgan fingerprint density at radius 2 is 2.29 bits per heavy atom. The molecule has 0 aromatic rings. The monoisotopic (exact) mass is 223 g/mol. The van der Waals surface area contributed by atoms with Crippen LogP contribution >= 0.6 is 0 Å². The fourth-order valence-corrected chi connectivity index (χ4v) is 2.74. The van der Waals surface area contributed by atoms with Crippen LogP contribution in [0.4, 0.5) is 0 Å². The van der Waals surface area contributed by atoms with Crippen LogP contribution in [0.3, 0.4) is 0 Å². The van der Waals surface area contributed by atoms with E-state index in [0.717, 1.165) is 4.31 Å². The maximum Gasteiger partial charge on any atom is 0.318 e. The predicted octanol–water partition coefficient (Wildman–Crippen LogP) is -0.878. The van der Waals surface area contributed by atoms with E-state index in [1.807, 2.05) is 0 Å². The second kappa shape index (κ2) is 4.24. The molecule has 0 saturated carbocycles. The summed E-state index contributed by atoms with van der Waals surface area (Å²) in [5.41, 5.74) is 0. The van der Waals surface area contributed by atoms with Crippen LogP contribution in [0.2, 0.25) is 0 Å². The first-order valence-corrected chi connectivity index (χ1v) is 5.69. The molecule has 1 fully saturated rings. The second-order valence-electron chi connectivity index (χ2n) is 3.18. The summed E-state index contributed by atoms with van der Waals surface area (Å²) >= 11 is 0. The van der Waals surface area contributed by atoms with E-state index < -0.39 is 27.8 Å². The lowest BCUT2D eigenvalue weighted by atomic mass is 10.4. The molecule has 0 radical (unpaired) electrons. The van der Waals surface area contributed by atoms with Crippen LogP contribution < -0.4 is 0 Å². The molecule has 1 rings (SSSR count). The lowest BCUT2D eigenvalue weighted by molar-refractivity contribution is -0.137. The lowest BCUT2D eigenvalue weighted by Crippen LogP contribution is -2.39. The van der Waals surface area contributed by atoms with Crippen LogP contribution in [0, 0.1) is 0 Å². The van der Waals surface area contributed by atoms with E-state index in [4.69, 9.17) is 9.84 Å². The summed E-state index contributed by atoms with van der Waals surface area (Å²) in [4.78, 5) is 10.3. The van der Waals surface area contributed by atoms with Crippen molar-refractivity contribution in [3.8, 4) is 0 Å². The van der Waals surface area contributed by atoms with Gasteiger partial charge in [0.05, 0.1) is 6.61 Å². The summed E-state index contributed by atoms with van der Waals surface area (Å²) in [5, 5.41) is 7.86. The van der Waals surface area contributed by atoms with Crippen LogP contribution in [0.25, 0.3) is 0 Å². The van der Waals surface area contributed by atoms with Crippen molar-refractivity contribution in [1.29, 1.82) is 0 Å². The molecule has 1 aliphatic rings. The van der Waals surface area contributed by atoms with Crippen molar-refractivity contribution in [1.82, 2.24) is 4.31 Å². The highest BCUT2D eigenvalue weighted by Gasteiger charge is 2.33. The predicted molar refractivity (Wildman–Crippen MR) is 48.4 cm³/mol. The first kappa shape index (κ1) is 11.4. The minimum atomic E-state index is -3.51. The Bertz CT molecular complexity index is 306. The third kappa shape index (κ3) is 2.43. The Labute approximate surface area is 82.5 Å². The van der Waals surface area contributed by atoms with Gasteiger partial charge in [-0.3, -0.25) is 4.79 Å². The molecule has 1 unspecified atom stereocenters. The maximum absolute atomic E-state index is 11.7. The molecule has 1 N–H and O–H groups in total. The molecule has 14 heavy (non-hydrogen) atoms. The van der Waals surface area contributed by atoms with Crippen molar-refractivity contribution in [2.45, 2.75) is 11.7 Å². The summed E-state index contributed by atoms with van der Waals surface area (Å²) < 4.78 is 29.1. The van der Waals surface area contributed by atoms with Gasteiger partial charge in [-0.05, 0) is 6.42 Å². The normalized spacial score (nSPS) is 22.9. The average Bonchev–Trinajstić information content (AvgIpc) is 2.54. The first-order chi connectivity index (χ1) is 6.44. The highest BCUT2D eigenvalue weighted by molar-refractivity contribution is 7.89. The number of carbonyl (C=O) groups is 1. The van der Waals surface area contributed by atoms with Crippen LogP contribution in [0.1, 0.15) is 6.42 Å². The Hall–Kier alpha value is -0.660. The molecule has 7 heteroatoms. The number of carboxylic acids is 1. The van der Waals surface area contributed by atoms with E-state index in [2.05, 4.69) is 0 Å². The molecule has 1 saturated heterocycles. The second-order valence-corrected chi connectivity index (χ2v) is 5.50. The number of nitrogens with zero attached hydrogens (tertiary/aromatic N) is 1. The third-order valence-corrected chi connectivity index (χ3v) is 4.31. The quantitative estimate of drug-likeness (QED) is 0.669. The number of hydrogen-bond donors (Lipinski definition) is 1. The van der Waals surface area contributed by atoms with E-state index in [9.17, 15) is 13.2 Å². The van der Waals surface area contributed by atoms with Gasteiger partial charge in [-0.1, -0.05) is 0 Å². The van der Waals surface area contributed by atoms with Gasteiger partial charge in [-0.15, -0.1) is 0 Å². The van der Waals surface area contributed by atoms with Gasteiger partial charge in [0.25, 0.3) is 0 Å². The van der Waals surface area contributed by atoms with Crippen molar-refractivity contribution in [3.63, 3.8) is 0 Å². The van der Waals surface area contributed by atoms with Crippen molar-refractivity contribution >= 4 is 16.0 Å². The van der Waals surface area contributed by atoms with Gasteiger partial charge in [0, 0.05) is 13.7 Å². The van der Waals surface area contributed by atoms with Crippen LogP contribution in [-0.2, 0) is 19.6 Å². The number of likely N-dealkylation sites (N-methyl/N-ethyl adjacent to an activating group) is 1. The van der Waals surface area contributed by atoms with Gasteiger partial charge >= 0.3 is 5.97 Å². The standard InChI is InChI=1S/C7H13NO5S/c1-8(4-7(9)10)14(11,12)6-2-3-13-5-6/h6H,2-5H2,1H3,(H,9,10). The SMILES string of the molecule is CN(CC(=O)O)S(=O)(=O)C1CCOC1. The van der Waals surface area contributed by atoms with Crippen LogP contribution in [0.5, 0.6) is 0 Å². The Kier molecular flexibility index (Phi) is 3.46. The number of hydrogen-bond acceptors (Lipinski definition) is 4. The first-order valence-electron chi connectivity index (χ1n) is 4.19. The third-order valence-electron chi connectivity index (χ3n) is 2.10. The van der Waals surface area contributed by atoms with Gasteiger partial charge in [0.1, 0.15) is 11.8 Å². The minimum Gasteiger partial charge on any atom is -0.480 e. The number of aliphatic carboxylic acids is 1. The fourth-order valence-electron chi connectivity index (χ4n) is 1.28. The molecule has 1 atom stereocenters. The number of ether oxygens (including phenoxy) is 1. The van der Waals surface area contributed by atoms with Crippen molar-refractivity contribution in [3.05, 3.63) is 0 Å². The maximum atomic E-state index is 11.7. The van der Waals surface area contributed by atoms with Crippen LogP contribution in [0.15, 0.2) is 0 Å². The van der Waals surface area contributed by atoms with E-state index in [-0.39, 0.29) is 6.61 Å². The van der Waals surface area contributed by atoms with Crippen molar-refractivity contribution in [2.24, 2.45) is 0 Å². The molecule has 0 aromatic heterocycles. The molecule has 0 aromatic carbocycles. The van der Waals surface area contributed by atoms with Gasteiger partial charge in [0.2, 0.25) is 10.0 Å². The van der Waals surface area contributed by atoms with Gasteiger partial charge in [-0.25, -0.2) is 8.42 Å². The zero-order valence-corrected chi connectivity index (χ0v) is 8.66. The summed E-state index contributed by atoms with van der Waals surface area (Å²) in [6.45, 7) is 0.0793. The zero-order chi connectivity index (χ0) is 10.8. The van der Waals surface area contributed by atoms with Gasteiger partial charge < -0.3 is 9.84 Å². The largest absolute Gasteiger partial charge is 0.480 e. The Morgan fingerprint density at radius 1 is 1.64 bits per heavy atom. The molecular formula is C7H13NO5S. The highest BCUT2D eigenvalue weighted by Crippen LogP contribution is 2.16. The summed E-state index contributed by atoms with van der Waals surface area (Å²) in [6.07, 6.45) is 0.437. The van der Waals surface area contributed by atoms with Crippen molar-refractivity contribution < 1.29 is 23.1 Å². The summed E-state index contributed by atoms with van der Waals surface area (Å²) in [6, 6.07) is 0. The fraction of sp³-hybridized carbons (Fsp3) is 0.857. The zero-order valence-electron chi connectivity index (χ0n) is 7.84. The topological polar surface area (TPSA) is 83.9 Å². The Balaban J connectivity index is 2.68. The van der Waals surface area contributed by atoms with Gasteiger partial charge in [-0.2, -0.15) is 4.31 Å². The smallest absolute Gasteiger partial charge is 0.318 e. The average molecular weight is 223 g/mol. The molecule has 1 aliphatic heterocycles. The molecule has 0 amide bonds. The van der Waals surface area contributed by atoms with E-state index in [0.29, 0.717) is 13.0 Å². The molecule has 6 nitrogen and oxygen atoms in total. The summed E-state index contributed by atoms with van der Waals surface area (Å²) in [7, 11) is -2.24. The molecule has 1 heterocycles. The highest BCUT2D eigenvalue weighted by atomic mass is 32.2. The van der Waals surface area contributed by atoms with Gasteiger partial charge in [0.15, 0.2) is 0 Å². The van der Waals surface area contributed by atoms with E-state index >= 15 is 0 Å². The van der Waals surface area contributed by atoms with E-state index in [1.54, 1.807) is 0 Å². The number of carboxylic acid groups (broad SMARTS) is 1. The van der Waals surface area contributed by atoms with Crippen LogP contribution in [-0.4, -0.2) is 55.9 Å². The molecule has 82 valence electrons. The minimum absolute atomic E-state index is 0.159. The molecular weight excluding hydrogens is 210 g/mol. The lowest BCUT2D eigenvalue weighted by Gasteiger charge is -2.18. The summed E-state index contributed by atoms with van der Waals surface area (Å²) in [5.74, 6) is -1.16. The number of sulfonamides is 1. The molecule has 0 bridgehead atoms. The van der Waals surface area contributed by atoms with E-state index in [1.165, 1.54) is 7.05 Å². The molecule has 0 aliphatic carbocycles. The number of rotatable bonds is 4. The van der Waals surface area contributed by atoms with Crippen molar-refractivity contribution in [2.75, 3.05) is 26.8 Å². The molecule has 0 spiro atoms.